The molecule has 1 aliphatic carbocycles. The highest BCUT2D eigenvalue weighted by Gasteiger charge is 2.69. The minimum atomic E-state index is -5.26. The summed E-state index contributed by atoms with van der Waals surface area (Å²) in [6.07, 6.45) is -3.02. The number of hydrogen-bond acceptors (Lipinski definition) is 3. The molecule has 6 nitrogen and oxygen atoms in total. The molecule has 2 aliphatic rings. The van der Waals surface area contributed by atoms with Gasteiger partial charge in [0, 0.05) is 11.1 Å². The maximum atomic E-state index is 13.8. The first-order chi connectivity index (χ1) is 12.6. The third-order valence-corrected chi connectivity index (χ3v) is 5.19. The lowest BCUT2D eigenvalue weighted by atomic mass is 10.1. The zero-order valence-corrected chi connectivity index (χ0v) is 15.2. The molecule has 146 valence electrons. The fourth-order valence-electron chi connectivity index (χ4n) is 3.30. The molecule has 1 atom stereocenters. The normalized spacial score (nSPS) is 23.7. The molecule has 1 saturated carbocycles. The SMILES string of the molecule is O=C(N[C@]1(C(F)(F)F)NC(=O)N(C2CCCC2)C1=O)c1ccc(Cl)cc1Cl. The Balaban J connectivity index is 1.95. The third kappa shape index (κ3) is 3.34. The molecular weight excluding hydrogens is 410 g/mol. The van der Waals surface area contributed by atoms with Gasteiger partial charge in [0.05, 0.1) is 10.6 Å². The van der Waals surface area contributed by atoms with Gasteiger partial charge in [-0.25, -0.2) is 4.79 Å². The van der Waals surface area contributed by atoms with Crippen LogP contribution in [0.4, 0.5) is 18.0 Å². The van der Waals surface area contributed by atoms with Crippen LogP contribution in [0.2, 0.25) is 10.0 Å². The van der Waals surface area contributed by atoms with Crippen molar-refractivity contribution in [3.05, 3.63) is 33.8 Å². The minimum absolute atomic E-state index is 0.180. The van der Waals surface area contributed by atoms with E-state index in [-0.39, 0.29) is 15.6 Å². The van der Waals surface area contributed by atoms with Gasteiger partial charge >= 0.3 is 12.2 Å². The maximum absolute atomic E-state index is 13.8. The summed E-state index contributed by atoms with van der Waals surface area (Å²) in [4.78, 5) is 37.8. The summed E-state index contributed by atoms with van der Waals surface area (Å²) < 4.78 is 41.4. The summed E-state index contributed by atoms with van der Waals surface area (Å²) in [6, 6.07) is 1.75. The highest BCUT2D eigenvalue weighted by atomic mass is 35.5. The highest BCUT2D eigenvalue weighted by Crippen LogP contribution is 2.37. The molecule has 1 aromatic rings. The van der Waals surface area contributed by atoms with Gasteiger partial charge < -0.3 is 5.32 Å². The number of carbonyl (C=O) groups is 3. The van der Waals surface area contributed by atoms with Gasteiger partial charge in [0.1, 0.15) is 0 Å². The topological polar surface area (TPSA) is 78.5 Å². The average molecular weight is 424 g/mol. The summed E-state index contributed by atoms with van der Waals surface area (Å²) >= 11 is 11.6. The summed E-state index contributed by atoms with van der Waals surface area (Å²) in [5, 5.41) is 3.24. The van der Waals surface area contributed by atoms with Crippen molar-refractivity contribution in [2.24, 2.45) is 0 Å². The fraction of sp³-hybridized carbons (Fsp3) is 0.438. The number of alkyl halides is 3. The number of imide groups is 1. The van der Waals surface area contributed by atoms with E-state index in [1.807, 2.05) is 0 Å². The molecule has 4 amide bonds. The number of halogens is 5. The molecule has 1 saturated heterocycles. The van der Waals surface area contributed by atoms with Gasteiger partial charge in [-0.1, -0.05) is 36.0 Å². The lowest BCUT2D eigenvalue weighted by Gasteiger charge is -2.30. The summed E-state index contributed by atoms with van der Waals surface area (Å²) in [5.74, 6) is -2.82. The van der Waals surface area contributed by atoms with Crippen LogP contribution in [0, 0.1) is 0 Å². The first kappa shape index (κ1) is 19.8. The largest absolute Gasteiger partial charge is 0.440 e. The molecule has 1 aromatic carbocycles. The minimum Gasteiger partial charge on any atom is -0.314 e. The summed E-state index contributed by atoms with van der Waals surface area (Å²) in [5.41, 5.74) is -3.86. The van der Waals surface area contributed by atoms with E-state index in [9.17, 15) is 27.6 Å². The summed E-state index contributed by atoms with van der Waals surface area (Å²) in [6.45, 7) is 0. The van der Waals surface area contributed by atoms with Crippen molar-refractivity contribution in [2.75, 3.05) is 0 Å². The Morgan fingerprint density at radius 1 is 1.22 bits per heavy atom. The van der Waals surface area contributed by atoms with Crippen molar-refractivity contribution in [1.82, 2.24) is 15.5 Å². The van der Waals surface area contributed by atoms with Crippen LogP contribution in [-0.4, -0.2) is 40.6 Å². The monoisotopic (exact) mass is 423 g/mol. The Hall–Kier alpha value is -2.00. The maximum Gasteiger partial charge on any atom is 0.440 e. The van der Waals surface area contributed by atoms with Crippen molar-refractivity contribution in [3.63, 3.8) is 0 Å². The number of benzene rings is 1. The predicted octanol–water partition coefficient (Wildman–Crippen LogP) is 3.48. The molecule has 1 aliphatic heterocycles. The van der Waals surface area contributed by atoms with Gasteiger partial charge in [-0.2, -0.15) is 13.2 Å². The van der Waals surface area contributed by atoms with E-state index in [1.54, 1.807) is 10.6 Å². The van der Waals surface area contributed by atoms with E-state index < -0.39 is 35.7 Å². The first-order valence-electron chi connectivity index (χ1n) is 8.07. The highest BCUT2D eigenvalue weighted by molar-refractivity contribution is 6.36. The van der Waals surface area contributed by atoms with Crippen molar-refractivity contribution in [2.45, 2.75) is 43.6 Å². The van der Waals surface area contributed by atoms with E-state index in [4.69, 9.17) is 23.2 Å². The Kier molecular flexibility index (Phi) is 5.02. The average Bonchev–Trinajstić information content (AvgIpc) is 3.14. The number of urea groups is 1. The van der Waals surface area contributed by atoms with E-state index in [0.717, 1.165) is 6.07 Å². The smallest absolute Gasteiger partial charge is 0.314 e. The van der Waals surface area contributed by atoms with Crippen LogP contribution in [0.3, 0.4) is 0 Å². The second-order valence-electron chi connectivity index (χ2n) is 6.37. The molecule has 27 heavy (non-hydrogen) atoms. The number of rotatable bonds is 3. The molecule has 3 rings (SSSR count). The zero-order valence-electron chi connectivity index (χ0n) is 13.7. The van der Waals surface area contributed by atoms with Crippen LogP contribution in [0.1, 0.15) is 36.0 Å². The van der Waals surface area contributed by atoms with E-state index in [2.05, 4.69) is 0 Å². The number of nitrogens with zero attached hydrogens (tertiary/aromatic N) is 1. The molecule has 0 radical (unpaired) electrons. The van der Waals surface area contributed by atoms with Crippen molar-refractivity contribution < 1.29 is 27.6 Å². The molecule has 0 spiro atoms. The Labute approximate surface area is 162 Å². The van der Waals surface area contributed by atoms with Gasteiger partial charge in [-0.3, -0.25) is 19.8 Å². The van der Waals surface area contributed by atoms with Gasteiger partial charge in [0.25, 0.3) is 17.5 Å². The van der Waals surface area contributed by atoms with Crippen LogP contribution in [-0.2, 0) is 4.79 Å². The molecule has 11 heteroatoms. The first-order valence-corrected chi connectivity index (χ1v) is 8.82. The fourth-order valence-corrected chi connectivity index (χ4v) is 3.79. The molecular formula is C16H14Cl2F3N3O3. The molecule has 0 unspecified atom stereocenters. The Bertz CT molecular complexity index is 812. The van der Waals surface area contributed by atoms with Crippen LogP contribution in [0.5, 0.6) is 0 Å². The molecule has 1 heterocycles. The van der Waals surface area contributed by atoms with Gasteiger partial charge in [0.15, 0.2) is 0 Å². The Morgan fingerprint density at radius 2 is 1.85 bits per heavy atom. The van der Waals surface area contributed by atoms with E-state index in [1.165, 1.54) is 12.1 Å². The van der Waals surface area contributed by atoms with Crippen LogP contribution in [0.25, 0.3) is 0 Å². The van der Waals surface area contributed by atoms with Gasteiger partial charge in [0.2, 0.25) is 0 Å². The number of carbonyl (C=O) groups excluding carboxylic acids is 3. The van der Waals surface area contributed by atoms with Crippen LogP contribution >= 0.6 is 23.2 Å². The third-order valence-electron chi connectivity index (χ3n) is 4.64. The van der Waals surface area contributed by atoms with Crippen LogP contribution in [0.15, 0.2) is 18.2 Å². The molecule has 2 fully saturated rings. The standard InChI is InChI=1S/C16H14Cl2F3N3O3/c17-8-5-6-10(11(18)7-8)12(25)22-15(16(19,20)21)13(26)24(14(27)23-15)9-3-1-2-4-9/h5-7,9H,1-4H2,(H,22,25)(H,23,27)/t15-/m0/s1. The molecule has 0 aromatic heterocycles. The quantitative estimate of drug-likeness (QED) is 0.730. The number of hydrogen-bond donors (Lipinski definition) is 2. The van der Waals surface area contributed by atoms with Gasteiger partial charge in [-0.15, -0.1) is 0 Å². The Morgan fingerprint density at radius 3 is 2.41 bits per heavy atom. The zero-order chi connectivity index (χ0) is 20.0. The number of amides is 4. The second kappa shape index (κ2) is 6.87. The van der Waals surface area contributed by atoms with Gasteiger partial charge in [-0.05, 0) is 31.0 Å². The molecule has 0 bridgehead atoms. The lowest BCUT2D eigenvalue weighted by molar-refractivity contribution is -0.200. The predicted molar refractivity (Wildman–Crippen MR) is 90.3 cm³/mol. The lowest BCUT2D eigenvalue weighted by Crippen LogP contribution is -2.69. The number of nitrogens with one attached hydrogen (secondary N) is 2. The second-order valence-corrected chi connectivity index (χ2v) is 7.21. The van der Waals surface area contributed by atoms with E-state index >= 15 is 0 Å². The summed E-state index contributed by atoms with van der Waals surface area (Å²) in [7, 11) is 0. The van der Waals surface area contributed by atoms with Crippen LogP contribution < -0.4 is 10.6 Å². The molecule has 2 N–H and O–H groups in total. The van der Waals surface area contributed by atoms with Crippen molar-refractivity contribution in [1.29, 1.82) is 0 Å². The van der Waals surface area contributed by atoms with Crippen molar-refractivity contribution >= 4 is 41.0 Å². The van der Waals surface area contributed by atoms with E-state index in [0.29, 0.717) is 30.6 Å². The van der Waals surface area contributed by atoms with Crippen molar-refractivity contribution in [3.8, 4) is 0 Å².